The van der Waals surface area contributed by atoms with Crippen LogP contribution in [0.25, 0.3) is 0 Å². The molecule has 0 unspecified atom stereocenters. The van der Waals surface area contributed by atoms with E-state index in [0.717, 1.165) is 25.9 Å². The summed E-state index contributed by atoms with van der Waals surface area (Å²) in [5.41, 5.74) is 1.11. The van der Waals surface area contributed by atoms with Crippen molar-refractivity contribution in [3.8, 4) is 0 Å². The van der Waals surface area contributed by atoms with Gasteiger partial charge in [-0.3, -0.25) is 9.52 Å². The summed E-state index contributed by atoms with van der Waals surface area (Å²) in [6, 6.07) is 6.61. The molecule has 1 aromatic rings. The Labute approximate surface area is 132 Å². The SMILES string of the molecule is CS(=O)(=O)Nc1ccc(C(=O)CCN2CCCCCC2)cc1. The molecule has 0 radical (unpaired) electrons. The lowest BCUT2D eigenvalue weighted by molar-refractivity contribution is 0.0965. The molecule has 1 N–H and O–H groups in total. The van der Waals surface area contributed by atoms with Crippen molar-refractivity contribution in [3.05, 3.63) is 29.8 Å². The second-order valence-electron chi connectivity index (χ2n) is 5.88. The molecule has 0 spiro atoms. The largest absolute Gasteiger partial charge is 0.303 e. The Bertz CT molecular complexity index is 588. The van der Waals surface area contributed by atoms with Crippen LogP contribution in [0.5, 0.6) is 0 Å². The molecule has 0 amide bonds. The monoisotopic (exact) mass is 324 g/mol. The number of hydrogen-bond acceptors (Lipinski definition) is 4. The highest BCUT2D eigenvalue weighted by Crippen LogP contribution is 2.14. The van der Waals surface area contributed by atoms with Crippen LogP contribution in [0, 0.1) is 0 Å². The molecule has 0 bridgehead atoms. The zero-order valence-electron chi connectivity index (χ0n) is 13.0. The van der Waals surface area contributed by atoms with Crippen molar-refractivity contribution < 1.29 is 13.2 Å². The minimum absolute atomic E-state index is 0.107. The van der Waals surface area contributed by atoms with Gasteiger partial charge in [-0.1, -0.05) is 12.8 Å². The van der Waals surface area contributed by atoms with Crippen molar-refractivity contribution in [2.24, 2.45) is 0 Å². The van der Waals surface area contributed by atoms with Gasteiger partial charge in [0.2, 0.25) is 10.0 Å². The molecule has 0 saturated carbocycles. The van der Waals surface area contributed by atoms with Crippen LogP contribution >= 0.6 is 0 Å². The van der Waals surface area contributed by atoms with E-state index in [2.05, 4.69) is 9.62 Å². The van der Waals surface area contributed by atoms with Crippen molar-refractivity contribution in [2.45, 2.75) is 32.1 Å². The van der Waals surface area contributed by atoms with Crippen LogP contribution in [0.4, 0.5) is 5.69 Å². The summed E-state index contributed by atoms with van der Waals surface area (Å²) in [6.07, 6.45) is 6.64. The fourth-order valence-electron chi connectivity index (χ4n) is 2.70. The van der Waals surface area contributed by atoms with Crippen LogP contribution in [-0.4, -0.2) is 45.0 Å². The maximum absolute atomic E-state index is 12.2. The number of carbonyl (C=O) groups is 1. The highest BCUT2D eigenvalue weighted by atomic mass is 32.2. The number of rotatable bonds is 6. The molecule has 1 aromatic carbocycles. The van der Waals surface area contributed by atoms with Gasteiger partial charge in [-0.15, -0.1) is 0 Å². The molecule has 0 aliphatic carbocycles. The normalized spacial score (nSPS) is 17.0. The van der Waals surface area contributed by atoms with Gasteiger partial charge < -0.3 is 4.90 Å². The highest BCUT2D eigenvalue weighted by molar-refractivity contribution is 7.92. The Hall–Kier alpha value is -1.40. The molecule has 1 aliphatic rings. The second-order valence-corrected chi connectivity index (χ2v) is 7.63. The highest BCUT2D eigenvalue weighted by Gasteiger charge is 2.12. The van der Waals surface area contributed by atoms with Crippen molar-refractivity contribution >= 4 is 21.5 Å². The smallest absolute Gasteiger partial charge is 0.229 e. The molecule has 0 aromatic heterocycles. The number of nitrogens with one attached hydrogen (secondary N) is 1. The van der Waals surface area contributed by atoms with E-state index in [0.29, 0.717) is 17.7 Å². The molecule has 22 heavy (non-hydrogen) atoms. The number of hydrogen-bond donors (Lipinski definition) is 1. The van der Waals surface area contributed by atoms with E-state index in [1.807, 2.05) is 0 Å². The summed E-state index contributed by atoms with van der Waals surface area (Å²) in [4.78, 5) is 14.6. The van der Waals surface area contributed by atoms with Crippen LogP contribution in [-0.2, 0) is 10.0 Å². The van der Waals surface area contributed by atoms with Gasteiger partial charge in [0.1, 0.15) is 0 Å². The molecule has 2 rings (SSSR count). The van der Waals surface area contributed by atoms with Gasteiger partial charge >= 0.3 is 0 Å². The average Bonchev–Trinajstić information content (AvgIpc) is 2.72. The van der Waals surface area contributed by atoms with E-state index in [4.69, 9.17) is 0 Å². The molecular formula is C16H24N2O3S. The van der Waals surface area contributed by atoms with Crippen molar-refractivity contribution in [1.29, 1.82) is 0 Å². The van der Waals surface area contributed by atoms with Gasteiger partial charge in [0.05, 0.1) is 6.26 Å². The maximum Gasteiger partial charge on any atom is 0.229 e. The number of likely N-dealkylation sites (tertiary alicyclic amines) is 1. The van der Waals surface area contributed by atoms with E-state index in [-0.39, 0.29) is 5.78 Å². The molecule has 1 saturated heterocycles. The fraction of sp³-hybridized carbons (Fsp3) is 0.562. The van der Waals surface area contributed by atoms with Gasteiger partial charge in [0.25, 0.3) is 0 Å². The zero-order valence-corrected chi connectivity index (χ0v) is 13.9. The first-order valence-electron chi connectivity index (χ1n) is 7.77. The van der Waals surface area contributed by atoms with Gasteiger partial charge in [0, 0.05) is 24.2 Å². The van der Waals surface area contributed by atoms with Crippen LogP contribution < -0.4 is 4.72 Å². The number of nitrogens with zero attached hydrogens (tertiary/aromatic N) is 1. The molecule has 5 nitrogen and oxygen atoms in total. The Morgan fingerprint density at radius 2 is 1.68 bits per heavy atom. The van der Waals surface area contributed by atoms with Gasteiger partial charge in [-0.2, -0.15) is 0 Å². The average molecular weight is 324 g/mol. The van der Waals surface area contributed by atoms with E-state index in [1.54, 1.807) is 24.3 Å². The topological polar surface area (TPSA) is 66.5 Å². The zero-order chi connectivity index (χ0) is 16.0. The third-order valence-electron chi connectivity index (χ3n) is 3.86. The molecule has 122 valence electrons. The van der Waals surface area contributed by atoms with Crippen molar-refractivity contribution in [1.82, 2.24) is 4.90 Å². The Morgan fingerprint density at radius 3 is 2.23 bits per heavy atom. The van der Waals surface area contributed by atoms with Crippen LogP contribution in [0.2, 0.25) is 0 Å². The standard InChI is InChI=1S/C16H24N2O3S/c1-22(20,21)17-15-8-6-14(7-9-15)16(19)10-13-18-11-4-2-3-5-12-18/h6-9,17H,2-5,10-13H2,1H3. The van der Waals surface area contributed by atoms with Gasteiger partial charge in [-0.05, 0) is 50.2 Å². The van der Waals surface area contributed by atoms with Crippen molar-refractivity contribution in [3.63, 3.8) is 0 Å². The van der Waals surface area contributed by atoms with E-state index >= 15 is 0 Å². The third kappa shape index (κ3) is 5.77. The number of benzene rings is 1. The first-order chi connectivity index (χ1) is 10.4. The lowest BCUT2D eigenvalue weighted by atomic mass is 10.1. The predicted molar refractivity (Wildman–Crippen MR) is 88.8 cm³/mol. The Kier molecular flexibility index (Phi) is 5.97. The number of ketones is 1. The summed E-state index contributed by atoms with van der Waals surface area (Å²) < 4.78 is 24.7. The predicted octanol–water partition coefficient (Wildman–Crippen LogP) is 2.51. The molecule has 0 atom stereocenters. The molecule has 1 heterocycles. The first-order valence-corrected chi connectivity index (χ1v) is 9.66. The lowest BCUT2D eigenvalue weighted by Crippen LogP contribution is -2.27. The van der Waals surface area contributed by atoms with E-state index in [1.165, 1.54) is 25.7 Å². The minimum Gasteiger partial charge on any atom is -0.303 e. The summed E-state index contributed by atoms with van der Waals surface area (Å²) in [6.45, 7) is 2.98. The fourth-order valence-corrected chi connectivity index (χ4v) is 3.27. The lowest BCUT2D eigenvalue weighted by Gasteiger charge is -2.19. The first kappa shape index (κ1) is 17.0. The van der Waals surface area contributed by atoms with E-state index < -0.39 is 10.0 Å². The van der Waals surface area contributed by atoms with Gasteiger partial charge in [-0.25, -0.2) is 8.42 Å². The molecule has 1 aliphatic heterocycles. The quantitative estimate of drug-likeness (QED) is 0.817. The summed E-state index contributed by atoms with van der Waals surface area (Å²) in [5.74, 6) is 0.107. The number of carbonyl (C=O) groups excluding carboxylic acids is 1. The maximum atomic E-state index is 12.2. The number of anilines is 1. The Morgan fingerprint density at radius 1 is 1.09 bits per heavy atom. The van der Waals surface area contributed by atoms with E-state index in [9.17, 15) is 13.2 Å². The van der Waals surface area contributed by atoms with Crippen molar-refractivity contribution in [2.75, 3.05) is 30.6 Å². The van der Waals surface area contributed by atoms with Gasteiger partial charge in [0.15, 0.2) is 5.78 Å². The second kappa shape index (κ2) is 7.74. The number of Topliss-reactive ketones (excluding diaryl/α,β-unsaturated/α-hetero) is 1. The van der Waals surface area contributed by atoms with Crippen LogP contribution in [0.1, 0.15) is 42.5 Å². The summed E-state index contributed by atoms with van der Waals surface area (Å²) in [5, 5.41) is 0. The molecule has 6 heteroatoms. The van der Waals surface area contributed by atoms with Crippen LogP contribution in [0.3, 0.4) is 0 Å². The molecule has 1 fully saturated rings. The number of sulfonamides is 1. The minimum atomic E-state index is -3.28. The molecular weight excluding hydrogens is 300 g/mol. The summed E-state index contributed by atoms with van der Waals surface area (Å²) in [7, 11) is -3.28. The Balaban J connectivity index is 1.86. The third-order valence-corrected chi connectivity index (χ3v) is 4.47. The summed E-state index contributed by atoms with van der Waals surface area (Å²) >= 11 is 0. The van der Waals surface area contributed by atoms with Crippen LogP contribution in [0.15, 0.2) is 24.3 Å².